The van der Waals surface area contributed by atoms with Crippen molar-refractivity contribution in [1.29, 1.82) is 0 Å². The molecule has 2 N–H and O–H groups in total. The second-order valence-corrected chi connectivity index (χ2v) is 6.90. The average Bonchev–Trinajstić information content (AvgIpc) is 3.00. The lowest BCUT2D eigenvalue weighted by molar-refractivity contribution is -0.133. The molecule has 1 unspecified atom stereocenters. The monoisotopic (exact) mass is 386 g/mol. The van der Waals surface area contributed by atoms with Gasteiger partial charge < -0.3 is 19.8 Å². The third-order valence-electron chi connectivity index (χ3n) is 4.67. The van der Waals surface area contributed by atoms with Gasteiger partial charge in [-0.25, -0.2) is 0 Å². The lowest BCUT2D eigenvalue weighted by atomic mass is 10.1. The first-order chi connectivity index (χ1) is 13.0. The summed E-state index contributed by atoms with van der Waals surface area (Å²) < 4.78 is 13.1. The Bertz CT molecular complexity index is 952. The fourth-order valence-corrected chi connectivity index (χ4v) is 3.59. The van der Waals surface area contributed by atoms with Crippen molar-refractivity contribution in [3.05, 3.63) is 58.7 Å². The number of aromatic nitrogens is 1. The van der Waals surface area contributed by atoms with Crippen molar-refractivity contribution in [1.82, 2.24) is 4.57 Å². The highest BCUT2D eigenvalue weighted by molar-refractivity contribution is 6.35. The molecule has 27 heavy (non-hydrogen) atoms. The zero-order valence-electron chi connectivity index (χ0n) is 15.4. The Morgan fingerprint density at radius 3 is 2.78 bits per heavy atom. The molecule has 2 aromatic carbocycles. The molecule has 142 valence electrons. The van der Waals surface area contributed by atoms with Crippen molar-refractivity contribution in [2.45, 2.75) is 25.9 Å². The molecule has 1 aromatic heterocycles. The van der Waals surface area contributed by atoms with Crippen LogP contribution < -0.4 is 10.5 Å². The molecular weight excluding hydrogens is 364 g/mol. The van der Waals surface area contributed by atoms with Crippen LogP contribution in [0.3, 0.4) is 0 Å². The van der Waals surface area contributed by atoms with E-state index in [4.69, 9.17) is 26.8 Å². The van der Waals surface area contributed by atoms with Gasteiger partial charge in [0.2, 0.25) is 0 Å². The standard InChI is InChI=1S/C21H23ClN2O3/c1-14(27-13-25)16-12-24(2)21-17(22)9-10-19(20(16)21)26-11-5-7-15-6-3-4-8-18(15)23/h3-4,6,8-10,12-14H,5,7,11,23H2,1-2H3. The summed E-state index contributed by atoms with van der Waals surface area (Å²) in [7, 11) is 1.91. The van der Waals surface area contributed by atoms with Crippen molar-refractivity contribution in [2.24, 2.45) is 7.05 Å². The number of carbonyl (C=O) groups is 1. The van der Waals surface area contributed by atoms with Gasteiger partial charge in [-0.15, -0.1) is 0 Å². The summed E-state index contributed by atoms with van der Waals surface area (Å²) in [5.41, 5.74) is 9.64. The summed E-state index contributed by atoms with van der Waals surface area (Å²) in [6.07, 6.45) is 3.20. The molecule has 0 bridgehead atoms. The van der Waals surface area contributed by atoms with Crippen LogP contribution in [0, 0.1) is 0 Å². The van der Waals surface area contributed by atoms with E-state index >= 15 is 0 Å². The molecule has 0 aliphatic rings. The van der Waals surface area contributed by atoms with Crippen LogP contribution in [0.2, 0.25) is 5.02 Å². The van der Waals surface area contributed by atoms with Crippen LogP contribution in [0.1, 0.15) is 30.6 Å². The Labute approximate surface area is 163 Å². The number of fused-ring (bicyclic) bond motifs is 1. The van der Waals surface area contributed by atoms with Gasteiger partial charge in [0.05, 0.1) is 22.5 Å². The Kier molecular flexibility index (Phi) is 5.91. The van der Waals surface area contributed by atoms with E-state index in [1.807, 2.05) is 61.1 Å². The zero-order valence-corrected chi connectivity index (χ0v) is 16.2. The third-order valence-corrected chi connectivity index (χ3v) is 4.97. The van der Waals surface area contributed by atoms with E-state index in [0.717, 1.165) is 46.3 Å². The van der Waals surface area contributed by atoms with Crippen LogP contribution in [0.4, 0.5) is 5.69 Å². The lowest BCUT2D eigenvalue weighted by Crippen LogP contribution is -2.03. The lowest BCUT2D eigenvalue weighted by Gasteiger charge is -2.13. The Balaban J connectivity index is 1.80. The maximum absolute atomic E-state index is 10.8. The molecular formula is C21H23ClN2O3. The van der Waals surface area contributed by atoms with E-state index in [1.165, 1.54) is 0 Å². The molecule has 1 atom stereocenters. The number of para-hydroxylation sites is 1. The molecule has 0 fully saturated rings. The van der Waals surface area contributed by atoms with Gasteiger partial charge in [-0.1, -0.05) is 29.8 Å². The number of carbonyl (C=O) groups excluding carboxylic acids is 1. The summed E-state index contributed by atoms with van der Waals surface area (Å²) in [6.45, 7) is 2.83. The van der Waals surface area contributed by atoms with Crippen LogP contribution in [0.25, 0.3) is 10.9 Å². The number of aryl methyl sites for hydroxylation is 2. The van der Waals surface area contributed by atoms with Crippen molar-refractivity contribution in [2.75, 3.05) is 12.3 Å². The molecule has 1 heterocycles. The van der Waals surface area contributed by atoms with Crippen LogP contribution in [-0.4, -0.2) is 17.6 Å². The number of benzene rings is 2. The summed E-state index contributed by atoms with van der Waals surface area (Å²) >= 11 is 6.39. The smallest absolute Gasteiger partial charge is 0.293 e. The molecule has 0 saturated heterocycles. The Hall–Kier alpha value is -2.66. The van der Waals surface area contributed by atoms with E-state index in [-0.39, 0.29) is 0 Å². The topological polar surface area (TPSA) is 66.5 Å². The fourth-order valence-electron chi connectivity index (χ4n) is 3.30. The molecule has 0 saturated carbocycles. The molecule has 0 spiro atoms. The van der Waals surface area contributed by atoms with E-state index in [2.05, 4.69) is 0 Å². The quantitative estimate of drug-likeness (QED) is 0.347. The first kappa shape index (κ1) is 19.1. The van der Waals surface area contributed by atoms with Gasteiger partial charge in [-0.2, -0.15) is 0 Å². The maximum Gasteiger partial charge on any atom is 0.293 e. The van der Waals surface area contributed by atoms with Gasteiger partial charge in [-0.3, -0.25) is 4.79 Å². The van der Waals surface area contributed by atoms with Crippen molar-refractivity contribution in [3.63, 3.8) is 0 Å². The SMILES string of the molecule is CC(OC=O)c1cn(C)c2c(Cl)ccc(OCCCc3ccccc3N)c12. The third kappa shape index (κ3) is 4.03. The van der Waals surface area contributed by atoms with Gasteiger partial charge in [0.25, 0.3) is 6.47 Å². The molecule has 0 amide bonds. The number of nitrogens with two attached hydrogens (primary N) is 1. The Morgan fingerprint density at radius 2 is 2.04 bits per heavy atom. The molecule has 0 aliphatic heterocycles. The highest BCUT2D eigenvalue weighted by atomic mass is 35.5. The molecule has 0 radical (unpaired) electrons. The van der Waals surface area contributed by atoms with Crippen molar-refractivity contribution in [3.8, 4) is 5.75 Å². The molecule has 5 nitrogen and oxygen atoms in total. The second-order valence-electron chi connectivity index (χ2n) is 6.49. The van der Waals surface area contributed by atoms with Gasteiger partial charge >= 0.3 is 0 Å². The van der Waals surface area contributed by atoms with Crippen LogP contribution >= 0.6 is 11.6 Å². The number of nitrogens with zero attached hydrogens (tertiary/aromatic N) is 1. The van der Waals surface area contributed by atoms with E-state index in [1.54, 1.807) is 0 Å². The minimum Gasteiger partial charge on any atom is -0.493 e. The van der Waals surface area contributed by atoms with E-state index < -0.39 is 6.10 Å². The molecule has 3 rings (SSSR count). The van der Waals surface area contributed by atoms with Gasteiger partial charge in [0, 0.05) is 24.5 Å². The summed E-state index contributed by atoms with van der Waals surface area (Å²) in [5.74, 6) is 0.729. The number of ether oxygens (including phenoxy) is 2. The number of rotatable bonds is 8. The highest BCUT2D eigenvalue weighted by Gasteiger charge is 2.19. The number of nitrogen functional groups attached to an aromatic ring is 1. The van der Waals surface area contributed by atoms with Crippen molar-refractivity contribution >= 4 is 34.7 Å². The zero-order chi connectivity index (χ0) is 19.4. The number of anilines is 1. The minimum absolute atomic E-state index is 0.392. The molecule has 0 aliphatic carbocycles. The number of halogens is 1. The van der Waals surface area contributed by atoms with Crippen LogP contribution in [-0.2, 0) is 23.0 Å². The fraction of sp³-hybridized carbons (Fsp3) is 0.286. The molecule has 3 aromatic rings. The largest absolute Gasteiger partial charge is 0.493 e. The number of hydrogen-bond donors (Lipinski definition) is 1. The Morgan fingerprint density at radius 1 is 1.26 bits per heavy atom. The summed E-state index contributed by atoms with van der Waals surface area (Å²) in [4.78, 5) is 10.8. The highest BCUT2D eigenvalue weighted by Crippen LogP contribution is 2.38. The van der Waals surface area contributed by atoms with Gasteiger partial charge in [-0.05, 0) is 43.5 Å². The second kappa shape index (κ2) is 8.35. The average molecular weight is 387 g/mol. The van der Waals surface area contributed by atoms with Crippen LogP contribution in [0.15, 0.2) is 42.6 Å². The molecule has 6 heteroatoms. The first-order valence-electron chi connectivity index (χ1n) is 8.85. The number of hydrogen-bond acceptors (Lipinski definition) is 4. The van der Waals surface area contributed by atoms with Crippen LogP contribution in [0.5, 0.6) is 5.75 Å². The first-order valence-corrected chi connectivity index (χ1v) is 9.23. The van der Waals surface area contributed by atoms with Gasteiger partial charge in [0.15, 0.2) is 0 Å². The minimum atomic E-state index is -0.392. The predicted molar refractivity (Wildman–Crippen MR) is 108 cm³/mol. The summed E-state index contributed by atoms with van der Waals surface area (Å²) in [6, 6.07) is 11.5. The van der Waals surface area contributed by atoms with E-state index in [9.17, 15) is 4.79 Å². The maximum atomic E-state index is 10.8. The van der Waals surface area contributed by atoms with Gasteiger partial charge in [0.1, 0.15) is 11.9 Å². The van der Waals surface area contributed by atoms with Crippen molar-refractivity contribution < 1.29 is 14.3 Å². The summed E-state index contributed by atoms with van der Waals surface area (Å²) in [5, 5.41) is 1.50. The predicted octanol–water partition coefficient (Wildman–Crippen LogP) is 4.66. The normalized spacial score (nSPS) is 12.1. The van der Waals surface area contributed by atoms with E-state index in [0.29, 0.717) is 18.1 Å².